The van der Waals surface area contributed by atoms with Crippen molar-refractivity contribution in [1.82, 2.24) is 14.6 Å². The lowest BCUT2D eigenvalue weighted by Crippen LogP contribution is -2.00. The minimum atomic E-state index is 0.117. The summed E-state index contributed by atoms with van der Waals surface area (Å²) in [7, 11) is 0. The highest BCUT2D eigenvalue weighted by atomic mass is 32.1. The molecule has 3 aromatic heterocycles. The number of carbonyl (C=O) groups is 1. The van der Waals surface area contributed by atoms with Crippen LogP contribution in [0.5, 0.6) is 0 Å². The van der Waals surface area contributed by atoms with Gasteiger partial charge in [-0.15, -0.1) is 11.3 Å². The molecular formula is C13H11N3OS. The molecule has 0 saturated carbocycles. The van der Waals surface area contributed by atoms with Gasteiger partial charge in [-0.25, -0.2) is 4.52 Å². The molecule has 3 aromatic rings. The van der Waals surface area contributed by atoms with Gasteiger partial charge in [0.15, 0.2) is 5.78 Å². The SMILES string of the molecule is O=C(CCc1cccs1)c1cnn2ccncc12. The summed E-state index contributed by atoms with van der Waals surface area (Å²) in [4.78, 5) is 17.4. The Morgan fingerprint density at radius 1 is 1.39 bits per heavy atom. The second kappa shape index (κ2) is 4.70. The molecule has 18 heavy (non-hydrogen) atoms. The first-order valence-corrected chi connectivity index (χ1v) is 6.55. The van der Waals surface area contributed by atoms with Crippen molar-refractivity contribution in [3.63, 3.8) is 0 Å². The third-order valence-electron chi connectivity index (χ3n) is 2.80. The molecule has 0 atom stereocenters. The minimum absolute atomic E-state index is 0.117. The molecule has 0 aliphatic heterocycles. The summed E-state index contributed by atoms with van der Waals surface area (Å²) in [6, 6.07) is 4.05. The maximum Gasteiger partial charge on any atom is 0.167 e. The first-order chi connectivity index (χ1) is 8.84. The quantitative estimate of drug-likeness (QED) is 0.675. The molecule has 90 valence electrons. The Hall–Kier alpha value is -2.01. The summed E-state index contributed by atoms with van der Waals surface area (Å²) in [6.07, 6.45) is 7.98. The molecule has 0 amide bonds. The summed E-state index contributed by atoms with van der Waals surface area (Å²) < 4.78 is 1.67. The highest BCUT2D eigenvalue weighted by molar-refractivity contribution is 7.09. The predicted octanol–water partition coefficient (Wildman–Crippen LogP) is 2.61. The number of nitrogens with zero attached hydrogens (tertiary/aromatic N) is 3. The van der Waals surface area contributed by atoms with Crippen LogP contribution < -0.4 is 0 Å². The van der Waals surface area contributed by atoms with Crippen molar-refractivity contribution in [3.05, 3.63) is 52.7 Å². The topological polar surface area (TPSA) is 47.3 Å². The highest BCUT2D eigenvalue weighted by Gasteiger charge is 2.12. The lowest BCUT2D eigenvalue weighted by molar-refractivity contribution is 0.0984. The van der Waals surface area contributed by atoms with Gasteiger partial charge in [0.1, 0.15) is 0 Å². The molecule has 3 heterocycles. The van der Waals surface area contributed by atoms with Crippen LogP contribution in [-0.4, -0.2) is 20.4 Å². The van der Waals surface area contributed by atoms with Crippen molar-refractivity contribution in [3.8, 4) is 0 Å². The van der Waals surface area contributed by atoms with Gasteiger partial charge in [0.2, 0.25) is 0 Å². The Morgan fingerprint density at radius 3 is 3.17 bits per heavy atom. The van der Waals surface area contributed by atoms with E-state index in [4.69, 9.17) is 0 Å². The van der Waals surface area contributed by atoms with Crippen LogP contribution in [0.15, 0.2) is 42.3 Å². The first kappa shape index (κ1) is 11.1. The lowest BCUT2D eigenvalue weighted by atomic mass is 10.1. The molecule has 0 spiro atoms. The van der Waals surface area contributed by atoms with Gasteiger partial charge in [0.05, 0.1) is 23.5 Å². The minimum Gasteiger partial charge on any atom is -0.294 e. The maximum absolute atomic E-state index is 12.1. The summed E-state index contributed by atoms with van der Waals surface area (Å²) in [5, 5.41) is 6.17. The van der Waals surface area contributed by atoms with Gasteiger partial charge in [-0.05, 0) is 17.9 Å². The van der Waals surface area contributed by atoms with Crippen LogP contribution in [0.2, 0.25) is 0 Å². The maximum atomic E-state index is 12.1. The van der Waals surface area contributed by atoms with Crippen LogP contribution in [0.4, 0.5) is 0 Å². The number of Topliss-reactive ketones (excluding diaryl/α,β-unsaturated/α-hetero) is 1. The summed E-state index contributed by atoms with van der Waals surface area (Å²) in [5.74, 6) is 0.117. The van der Waals surface area contributed by atoms with Gasteiger partial charge in [-0.2, -0.15) is 5.10 Å². The molecule has 0 saturated heterocycles. The second-order valence-corrected chi connectivity index (χ2v) is 5.00. The normalized spacial score (nSPS) is 10.9. The van der Waals surface area contributed by atoms with Crippen LogP contribution in [0.25, 0.3) is 5.52 Å². The average Bonchev–Trinajstić information content (AvgIpc) is 3.05. The van der Waals surface area contributed by atoms with Gasteiger partial charge in [0, 0.05) is 23.7 Å². The van der Waals surface area contributed by atoms with E-state index < -0.39 is 0 Å². The van der Waals surface area contributed by atoms with Crippen molar-refractivity contribution < 1.29 is 4.79 Å². The van der Waals surface area contributed by atoms with Crippen LogP contribution >= 0.6 is 11.3 Å². The van der Waals surface area contributed by atoms with E-state index in [1.54, 1.807) is 40.6 Å². The largest absolute Gasteiger partial charge is 0.294 e. The van der Waals surface area contributed by atoms with E-state index in [-0.39, 0.29) is 5.78 Å². The Morgan fingerprint density at radius 2 is 2.33 bits per heavy atom. The van der Waals surface area contributed by atoms with Gasteiger partial charge < -0.3 is 0 Å². The van der Waals surface area contributed by atoms with E-state index in [1.165, 1.54) is 4.88 Å². The molecule has 5 heteroatoms. The molecule has 0 radical (unpaired) electrons. The molecule has 4 nitrogen and oxygen atoms in total. The number of fused-ring (bicyclic) bond motifs is 1. The van der Waals surface area contributed by atoms with Gasteiger partial charge in [-0.3, -0.25) is 9.78 Å². The monoisotopic (exact) mass is 257 g/mol. The molecule has 0 N–H and O–H groups in total. The summed E-state index contributed by atoms with van der Waals surface area (Å²) in [6.45, 7) is 0. The number of ketones is 1. The number of aryl methyl sites for hydroxylation is 1. The van der Waals surface area contributed by atoms with Gasteiger partial charge in [0.25, 0.3) is 0 Å². The van der Waals surface area contributed by atoms with E-state index in [0.717, 1.165) is 11.9 Å². The number of thiophene rings is 1. The molecule has 0 bridgehead atoms. The third kappa shape index (κ3) is 2.04. The molecule has 0 fully saturated rings. The van der Waals surface area contributed by atoms with Crippen molar-refractivity contribution >= 4 is 22.6 Å². The molecule has 0 unspecified atom stereocenters. The zero-order chi connectivity index (χ0) is 12.4. The molecule has 3 rings (SSSR count). The average molecular weight is 257 g/mol. The fraction of sp³-hybridized carbons (Fsp3) is 0.154. The number of aromatic nitrogens is 3. The van der Waals surface area contributed by atoms with E-state index in [0.29, 0.717) is 12.0 Å². The first-order valence-electron chi connectivity index (χ1n) is 5.67. The summed E-state index contributed by atoms with van der Waals surface area (Å²) >= 11 is 1.68. The van der Waals surface area contributed by atoms with Crippen molar-refractivity contribution in [2.24, 2.45) is 0 Å². The smallest absolute Gasteiger partial charge is 0.167 e. The molecule has 0 aliphatic carbocycles. The fourth-order valence-electron chi connectivity index (χ4n) is 1.88. The third-order valence-corrected chi connectivity index (χ3v) is 3.74. The van der Waals surface area contributed by atoms with Crippen molar-refractivity contribution in [1.29, 1.82) is 0 Å². The highest BCUT2D eigenvalue weighted by Crippen LogP contribution is 2.15. The Bertz CT molecular complexity index is 672. The van der Waals surface area contributed by atoms with E-state index in [9.17, 15) is 4.79 Å². The Balaban J connectivity index is 1.80. The van der Waals surface area contributed by atoms with Crippen LogP contribution in [0.3, 0.4) is 0 Å². The molecule has 0 aromatic carbocycles. The van der Waals surface area contributed by atoms with Crippen LogP contribution in [-0.2, 0) is 6.42 Å². The number of carbonyl (C=O) groups excluding carboxylic acids is 1. The Kier molecular flexibility index (Phi) is 2.90. The standard InChI is InChI=1S/C13H11N3OS/c17-13(4-3-10-2-1-7-18-10)11-8-15-16-6-5-14-9-12(11)16/h1-2,5-9H,3-4H2. The lowest BCUT2D eigenvalue weighted by Gasteiger charge is -1.98. The second-order valence-electron chi connectivity index (χ2n) is 3.97. The van der Waals surface area contributed by atoms with Crippen LogP contribution in [0.1, 0.15) is 21.7 Å². The van der Waals surface area contributed by atoms with E-state index in [1.807, 2.05) is 11.4 Å². The summed E-state index contributed by atoms with van der Waals surface area (Å²) in [5.41, 5.74) is 1.42. The van der Waals surface area contributed by atoms with Gasteiger partial charge >= 0.3 is 0 Å². The zero-order valence-corrected chi connectivity index (χ0v) is 10.4. The Labute approximate surface area is 108 Å². The number of hydrogen-bond acceptors (Lipinski definition) is 4. The van der Waals surface area contributed by atoms with Gasteiger partial charge in [-0.1, -0.05) is 6.07 Å². The van der Waals surface area contributed by atoms with E-state index >= 15 is 0 Å². The zero-order valence-electron chi connectivity index (χ0n) is 9.61. The van der Waals surface area contributed by atoms with Crippen LogP contribution in [0, 0.1) is 0 Å². The number of hydrogen-bond donors (Lipinski definition) is 0. The molecular weight excluding hydrogens is 246 g/mol. The van der Waals surface area contributed by atoms with Crippen molar-refractivity contribution in [2.75, 3.05) is 0 Å². The number of rotatable bonds is 4. The molecule has 0 aliphatic rings. The van der Waals surface area contributed by atoms with Crippen molar-refractivity contribution in [2.45, 2.75) is 12.8 Å². The predicted molar refractivity (Wildman–Crippen MR) is 70.0 cm³/mol. The van der Waals surface area contributed by atoms with E-state index in [2.05, 4.69) is 16.1 Å². The fourth-order valence-corrected chi connectivity index (χ4v) is 2.58.